The van der Waals surface area contributed by atoms with Crippen molar-refractivity contribution in [3.63, 3.8) is 0 Å². The molecule has 6 heteroatoms. The largest absolute Gasteiger partial charge is 0.396 e. The topological polar surface area (TPSA) is 55.1 Å². The molecule has 2 unspecified atom stereocenters. The normalized spacial score (nSPS) is 22.5. The van der Waals surface area contributed by atoms with E-state index in [1.807, 2.05) is 6.26 Å². The maximum Gasteiger partial charge on any atom is 0.254 e. The van der Waals surface area contributed by atoms with Gasteiger partial charge in [-0.15, -0.1) is 0 Å². The van der Waals surface area contributed by atoms with Crippen LogP contribution in [0.4, 0.5) is 14.5 Å². The standard InChI is InChI=1S/C13H16F2N2OS/c1-19-9-3-2-8(6-9)17-13(18)10-4-7(14)5-11(16)12(10)15/h4-5,8-9H,2-3,6,16H2,1H3,(H,17,18). The molecule has 1 fully saturated rings. The van der Waals surface area contributed by atoms with Crippen LogP contribution in [0.15, 0.2) is 12.1 Å². The van der Waals surface area contributed by atoms with Crippen LogP contribution in [0.25, 0.3) is 0 Å². The number of hydrogen-bond donors (Lipinski definition) is 2. The number of nitrogen functional groups attached to an aromatic ring is 1. The molecular formula is C13H16F2N2OS. The molecule has 104 valence electrons. The van der Waals surface area contributed by atoms with E-state index in [0.717, 1.165) is 31.4 Å². The Balaban J connectivity index is 2.08. The Morgan fingerprint density at radius 1 is 1.42 bits per heavy atom. The van der Waals surface area contributed by atoms with Crippen LogP contribution in [0.2, 0.25) is 0 Å². The van der Waals surface area contributed by atoms with Gasteiger partial charge in [0.05, 0.1) is 11.3 Å². The van der Waals surface area contributed by atoms with Gasteiger partial charge in [0.25, 0.3) is 5.91 Å². The van der Waals surface area contributed by atoms with E-state index in [2.05, 4.69) is 5.32 Å². The van der Waals surface area contributed by atoms with Crippen LogP contribution in [-0.2, 0) is 0 Å². The van der Waals surface area contributed by atoms with Gasteiger partial charge in [-0.25, -0.2) is 8.78 Å². The molecule has 1 aromatic rings. The van der Waals surface area contributed by atoms with Crippen molar-refractivity contribution in [3.05, 3.63) is 29.3 Å². The molecule has 0 heterocycles. The van der Waals surface area contributed by atoms with Gasteiger partial charge >= 0.3 is 0 Å². The Labute approximate surface area is 114 Å². The number of thioether (sulfide) groups is 1. The summed E-state index contributed by atoms with van der Waals surface area (Å²) < 4.78 is 26.9. The van der Waals surface area contributed by atoms with E-state index in [1.54, 1.807) is 11.8 Å². The minimum atomic E-state index is -0.863. The third-order valence-electron chi connectivity index (χ3n) is 3.36. The fourth-order valence-electron chi connectivity index (χ4n) is 2.32. The maximum atomic E-state index is 13.7. The molecule has 1 aliphatic rings. The SMILES string of the molecule is CSC1CCC(NC(=O)c2cc(F)cc(N)c2F)C1. The Morgan fingerprint density at radius 3 is 2.79 bits per heavy atom. The minimum absolute atomic E-state index is 0.0221. The van der Waals surface area contributed by atoms with Gasteiger partial charge in [0.2, 0.25) is 0 Å². The molecule has 1 amide bonds. The van der Waals surface area contributed by atoms with Gasteiger partial charge in [0.1, 0.15) is 5.82 Å². The molecule has 0 saturated heterocycles. The molecule has 0 spiro atoms. The zero-order chi connectivity index (χ0) is 14.0. The first-order valence-electron chi connectivity index (χ1n) is 6.09. The van der Waals surface area contributed by atoms with E-state index < -0.39 is 17.5 Å². The van der Waals surface area contributed by atoms with Crippen LogP contribution in [-0.4, -0.2) is 23.5 Å². The van der Waals surface area contributed by atoms with Crippen molar-refractivity contribution in [2.75, 3.05) is 12.0 Å². The first-order chi connectivity index (χ1) is 9.01. The average Bonchev–Trinajstić information content (AvgIpc) is 2.81. The predicted octanol–water partition coefficient (Wildman–Crippen LogP) is 2.56. The Kier molecular flexibility index (Phi) is 4.29. The van der Waals surface area contributed by atoms with E-state index in [4.69, 9.17) is 5.73 Å². The second-order valence-corrected chi connectivity index (χ2v) is 5.84. The highest BCUT2D eigenvalue weighted by Gasteiger charge is 2.26. The van der Waals surface area contributed by atoms with Crippen molar-refractivity contribution in [3.8, 4) is 0 Å². The fraction of sp³-hybridized carbons (Fsp3) is 0.462. The van der Waals surface area contributed by atoms with E-state index >= 15 is 0 Å². The summed E-state index contributed by atoms with van der Waals surface area (Å²) in [6, 6.07) is 1.77. The number of nitrogens with two attached hydrogens (primary N) is 1. The predicted molar refractivity (Wildman–Crippen MR) is 73.2 cm³/mol. The van der Waals surface area contributed by atoms with Crippen molar-refractivity contribution in [1.29, 1.82) is 0 Å². The lowest BCUT2D eigenvalue weighted by Gasteiger charge is -2.13. The number of amides is 1. The molecular weight excluding hydrogens is 270 g/mol. The molecule has 1 saturated carbocycles. The van der Waals surface area contributed by atoms with Crippen LogP contribution >= 0.6 is 11.8 Å². The number of hydrogen-bond acceptors (Lipinski definition) is 3. The van der Waals surface area contributed by atoms with Crippen LogP contribution in [0.1, 0.15) is 29.6 Å². The van der Waals surface area contributed by atoms with Crippen molar-refractivity contribution in [2.45, 2.75) is 30.6 Å². The summed E-state index contributed by atoms with van der Waals surface area (Å²) in [5.74, 6) is -2.17. The quantitative estimate of drug-likeness (QED) is 0.840. The van der Waals surface area contributed by atoms with Gasteiger partial charge in [-0.1, -0.05) is 0 Å². The maximum absolute atomic E-state index is 13.7. The third kappa shape index (κ3) is 3.18. The van der Waals surface area contributed by atoms with Crippen LogP contribution in [0, 0.1) is 11.6 Å². The fourth-order valence-corrected chi connectivity index (χ4v) is 3.12. The number of nitrogens with one attached hydrogen (secondary N) is 1. The summed E-state index contributed by atoms with van der Waals surface area (Å²) in [4.78, 5) is 11.9. The monoisotopic (exact) mass is 286 g/mol. The first kappa shape index (κ1) is 14.1. The summed E-state index contributed by atoms with van der Waals surface area (Å²) in [6.45, 7) is 0. The summed E-state index contributed by atoms with van der Waals surface area (Å²) in [5, 5.41) is 3.26. The van der Waals surface area contributed by atoms with Gasteiger partial charge in [0.15, 0.2) is 5.82 Å². The average molecular weight is 286 g/mol. The highest BCUT2D eigenvalue weighted by atomic mass is 32.2. The molecule has 0 bridgehead atoms. The van der Waals surface area contributed by atoms with Gasteiger partial charge in [-0.3, -0.25) is 4.79 Å². The number of carbonyl (C=O) groups excluding carboxylic acids is 1. The van der Waals surface area contributed by atoms with Gasteiger partial charge in [-0.05, 0) is 37.7 Å². The number of carbonyl (C=O) groups is 1. The lowest BCUT2D eigenvalue weighted by molar-refractivity contribution is 0.0933. The molecule has 3 nitrogen and oxygen atoms in total. The number of benzene rings is 1. The van der Waals surface area contributed by atoms with Gasteiger partial charge in [-0.2, -0.15) is 11.8 Å². The summed E-state index contributed by atoms with van der Waals surface area (Å²) in [6.07, 6.45) is 4.78. The minimum Gasteiger partial charge on any atom is -0.396 e. The second kappa shape index (κ2) is 5.77. The summed E-state index contributed by atoms with van der Waals surface area (Å²) >= 11 is 1.76. The second-order valence-electron chi connectivity index (χ2n) is 4.70. The van der Waals surface area contributed by atoms with Crippen molar-refractivity contribution < 1.29 is 13.6 Å². The number of anilines is 1. The molecule has 1 aromatic carbocycles. The highest BCUT2D eigenvalue weighted by Crippen LogP contribution is 2.28. The molecule has 2 atom stereocenters. The molecule has 2 rings (SSSR count). The zero-order valence-corrected chi connectivity index (χ0v) is 11.4. The molecule has 0 radical (unpaired) electrons. The molecule has 0 aliphatic heterocycles. The smallest absolute Gasteiger partial charge is 0.254 e. The molecule has 1 aliphatic carbocycles. The van der Waals surface area contributed by atoms with Gasteiger partial charge < -0.3 is 11.1 Å². The molecule has 3 N–H and O–H groups in total. The summed E-state index contributed by atoms with van der Waals surface area (Å²) in [5.41, 5.74) is 4.64. The lowest BCUT2D eigenvalue weighted by atomic mass is 10.1. The Morgan fingerprint density at radius 2 is 2.16 bits per heavy atom. The Hall–Kier alpha value is -1.30. The van der Waals surface area contributed by atoms with E-state index in [9.17, 15) is 13.6 Å². The van der Waals surface area contributed by atoms with Crippen LogP contribution < -0.4 is 11.1 Å². The van der Waals surface area contributed by atoms with Crippen LogP contribution in [0.5, 0.6) is 0 Å². The zero-order valence-electron chi connectivity index (χ0n) is 10.6. The molecule has 19 heavy (non-hydrogen) atoms. The number of halogens is 2. The van der Waals surface area contributed by atoms with Crippen molar-refractivity contribution in [2.24, 2.45) is 0 Å². The molecule has 0 aromatic heterocycles. The van der Waals surface area contributed by atoms with Crippen LogP contribution in [0.3, 0.4) is 0 Å². The summed E-state index contributed by atoms with van der Waals surface area (Å²) in [7, 11) is 0. The van der Waals surface area contributed by atoms with Crippen molar-refractivity contribution in [1.82, 2.24) is 5.32 Å². The third-order valence-corrected chi connectivity index (χ3v) is 4.46. The number of rotatable bonds is 3. The van der Waals surface area contributed by atoms with E-state index in [1.165, 1.54) is 0 Å². The Bertz CT molecular complexity index is 496. The lowest BCUT2D eigenvalue weighted by Crippen LogP contribution is -2.33. The van der Waals surface area contributed by atoms with Crippen molar-refractivity contribution >= 4 is 23.4 Å². The first-order valence-corrected chi connectivity index (χ1v) is 7.38. The van der Waals surface area contributed by atoms with Gasteiger partial charge in [0, 0.05) is 11.3 Å². The van der Waals surface area contributed by atoms with E-state index in [0.29, 0.717) is 5.25 Å². The highest BCUT2D eigenvalue weighted by molar-refractivity contribution is 7.99. The van der Waals surface area contributed by atoms with E-state index in [-0.39, 0.29) is 17.3 Å².